The van der Waals surface area contributed by atoms with Gasteiger partial charge in [-0.2, -0.15) is 0 Å². The van der Waals surface area contributed by atoms with Gasteiger partial charge in [-0.05, 0) is 53.4 Å². The average Bonchev–Trinajstić information content (AvgIpc) is 2.29. The Morgan fingerprint density at radius 3 is 2.41 bits per heavy atom. The Labute approximate surface area is 112 Å². The highest BCUT2D eigenvalue weighted by Crippen LogP contribution is 2.21. The fourth-order valence-electron chi connectivity index (χ4n) is 1.99. The third kappa shape index (κ3) is 3.32. The third-order valence-electron chi connectivity index (χ3n) is 3.17. The van der Waals surface area contributed by atoms with Gasteiger partial charge in [0.25, 0.3) is 5.91 Å². The fraction of sp³-hybridized carbons (Fsp3) is 0.500. The van der Waals surface area contributed by atoms with Crippen LogP contribution in [0.25, 0.3) is 0 Å². The van der Waals surface area contributed by atoms with E-state index in [-0.39, 0.29) is 5.91 Å². The van der Waals surface area contributed by atoms with Gasteiger partial charge in [-0.3, -0.25) is 4.79 Å². The van der Waals surface area contributed by atoms with Gasteiger partial charge in [-0.25, -0.2) is 0 Å². The summed E-state index contributed by atoms with van der Waals surface area (Å²) in [5.74, 6) is 0.0885. The normalized spacial score (nSPS) is 10.7. The van der Waals surface area contributed by atoms with E-state index in [1.54, 1.807) is 0 Å². The Kier molecular flexibility index (Phi) is 5.19. The topological polar surface area (TPSA) is 20.3 Å². The fourth-order valence-corrected chi connectivity index (χ4v) is 2.65. The van der Waals surface area contributed by atoms with Gasteiger partial charge < -0.3 is 4.90 Å². The minimum absolute atomic E-state index is 0.0885. The highest BCUT2D eigenvalue weighted by Gasteiger charge is 2.19. The largest absolute Gasteiger partial charge is 0.339 e. The highest BCUT2D eigenvalue weighted by atomic mass is 79.9. The van der Waals surface area contributed by atoms with Crippen molar-refractivity contribution in [1.29, 1.82) is 0 Å². The second-order valence-corrected chi connectivity index (χ2v) is 5.22. The number of amides is 1. The molecule has 0 heterocycles. The Hall–Kier alpha value is -0.830. The molecule has 0 fully saturated rings. The zero-order valence-corrected chi connectivity index (χ0v) is 12.5. The van der Waals surface area contributed by atoms with Gasteiger partial charge in [0.15, 0.2) is 0 Å². The molecule has 2 nitrogen and oxygen atoms in total. The lowest BCUT2D eigenvalue weighted by molar-refractivity contribution is 0.0723. The molecule has 0 radical (unpaired) electrons. The number of benzene rings is 1. The predicted octanol–water partition coefficient (Wildman–Crippen LogP) is 4.02. The Bertz CT molecular complexity index is 399. The summed E-state index contributed by atoms with van der Waals surface area (Å²) in [6.45, 7) is 6.24. The molecule has 0 aliphatic rings. The summed E-state index contributed by atoms with van der Waals surface area (Å²) < 4.78 is 0.875. The van der Waals surface area contributed by atoms with Crippen LogP contribution < -0.4 is 0 Å². The van der Waals surface area contributed by atoms with Crippen molar-refractivity contribution in [3.05, 3.63) is 33.8 Å². The first kappa shape index (κ1) is 14.2. The van der Waals surface area contributed by atoms with Crippen LogP contribution in [0.3, 0.4) is 0 Å². The van der Waals surface area contributed by atoms with E-state index in [1.807, 2.05) is 37.1 Å². The lowest BCUT2D eigenvalue weighted by atomic mass is 10.1. The van der Waals surface area contributed by atoms with Crippen molar-refractivity contribution in [3.63, 3.8) is 0 Å². The molecular weight excluding hydrogens is 278 g/mol. The third-order valence-corrected chi connectivity index (χ3v) is 3.82. The van der Waals surface area contributed by atoms with Crippen LogP contribution in [0.5, 0.6) is 0 Å². The number of aryl methyl sites for hydroxylation is 1. The predicted molar refractivity (Wildman–Crippen MR) is 75.3 cm³/mol. The standard InChI is InChI=1S/C14H20BrNO/c1-5-11(6-2)16(4)14(17)12-8-7-10(3)9-13(12)15/h7-9,11H,5-6H2,1-4H3. The molecule has 0 aliphatic carbocycles. The molecule has 0 atom stereocenters. The van der Waals surface area contributed by atoms with Crippen LogP contribution in [0.2, 0.25) is 0 Å². The van der Waals surface area contributed by atoms with Crippen molar-refractivity contribution in [1.82, 2.24) is 4.90 Å². The Morgan fingerprint density at radius 2 is 1.94 bits per heavy atom. The van der Waals surface area contributed by atoms with E-state index >= 15 is 0 Å². The molecule has 0 saturated heterocycles. The summed E-state index contributed by atoms with van der Waals surface area (Å²) in [4.78, 5) is 14.2. The first-order valence-electron chi connectivity index (χ1n) is 6.04. The van der Waals surface area contributed by atoms with E-state index in [4.69, 9.17) is 0 Å². The molecule has 0 aliphatic heterocycles. The smallest absolute Gasteiger partial charge is 0.254 e. The van der Waals surface area contributed by atoms with Crippen molar-refractivity contribution in [3.8, 4) is 0 Å². The van der Waals surface area contributed by atoms with Crippen molar-refractivity contribution in [2.75, 3.05) is 7.05 Å². The zero-order chi connectivity index (χ0) is 13.0. The van der Waals surface area contributed by atoms with Crippen LogP contribution in [0.4, 0.5) is 0 Å². The maximum atomic E-state index is 12.3. The number of nitrogens with zero attached hydrogens (tertiary/aromatic N) is 1. The van der Waals surface area contributed by atoms with E-state index in [2.05, 4.69) is 29.8 Å². The van der Waals surface area contributed by atoms with Crippen LogP contribution in [-0.2, 0) is 0 Å². The molecular formula is C14H20BrNO. The van der Waals surface area contributed by atoms with Gasteiger partial charge in [-0.1, -0.05) is 19.9 Å². The maximum Gasteiger partial charge on any atom is 0.254 e. The summed E-state index contributed by atoms with van der Waals surface area (Å²) in [5, 5.41) is 0. The number of rotatable bonds is 4. The highest BCUT2D eigenvalue weighted by molar-refractivity contribution is 9.10. The molecule has 1 aromatic carbocycles. The molecule has 0 aromatic heterocycles. The van der Waals surface area contributed by atoms with E-state index in [9.17, 15) is 4.79 Å². The van der Waals surface area contributed by atoms with Crippen LogP contribution in [0, 0.1) is 6.92 Å². The first-order valence-corrected chi connectivity index (χ1v) is 6.83. The van der Waals surface area contributed by atoms with Crippen LogP contribution in [-0.4, -0.2) is 23.9 Å². The Balaban J connectivity index is 2.96. The molecule has 17 heavy (non-hydrogen) atoms. The summed E-state index contributed by atoms with van der Waals surface area (Å²) in [7, 11) is 1.88. The number of hydrogen-bond acceptors (Lipinski definition) is 1. The lowest BCUT2D eigenvalue weighted by Crippen LogP contribution is -2.36. The molecule has 0 bridgehead atoms. The van der Waals surface area contributed by atoms with Gasteiger partial charge in [0, 0.05) is 17.6 Å². The van der Waals surface area contributed by atoms with Gasteiger partial charge >= 0.3 is 0 Å². The molecule has 0 saturated carbocycles. The molecule has 94 valence electrons. The first-order chi connectivity index (χ1) is 8.01. The maximum absolute atomic E-state index is 12.3. The van der Waals surface area contributed by atoms with Gasteiger partial charge in [0.05, 0.1) is 5.56 Å². The molecule has 1 aromatic rings. The number of carbonyl (C=O) groups excluding carboxylic acids is 1. The summed E-state index contributed by atoms with van der Waals surface area (Å²) in [6, 6.07) is 6.16. The molecule has 0 unspecified atom stereocenters. The Morgan fingerprint density at radius 1 is 1.35 bits per heavy atom. The number of carbonyl (C=O) groups is 1. The van der Waals surface area contributed by atoms with Gasteiger partial charge in [-0.15, -0.1) is 0 Å². The lowest BCUT2D eigenvalue weighted by Gasteiger charge is -2.26. The van der Waals surface area contributed by atoms with Crippen molar-refractivity contribution >= 4 is 21.8 Å². The van der Waals surface area contributed by atoms with Crippen molar-refractivity contribution in [2.24, 2.45) is 0 Å². The zero-order valence-electron chi connectivity index (χ0n) is 11.0. The second kappa shape index (κ2) is 6.20. The van der Waals surface area contributed by atoms with Gasteiger partial charge in [0.1, 0.15) is 0 Å². The molecule has 0 N–H and O–H groups in total. The van der Waals surface area contributed by atoms with E-state index in [0.717, 1.165) is 28.4 Å². The van der Waals surface area contributed by atoms with Gasteiger partial charge in [0.2, 0.25) is 0 Å². The van der Waals surface area contributed by atoms with Crippen LogP contribution >= 0.6 is 15.9 Å². The molecule has 3 heteroatoms. The number of hydrogen-bond donors (Lipinski definition) is 0. The summed E-state index contributed by atoms with van der Waals surface area (Å²) >= 11 is 3.46. The SMILES string of the molecule is CCC(CC)N(C)C(=O)c1ccc(C)cc1Br. The minimum atomic E-state index is 0.0885. The van der Waals surface area contributed by atoms with E-state index in [0.29, 0.717) is 6.04 Å². The minimum Gasteiger partial charge on any atom is -0.339 e. The quantitative estimate of drug-likeness (QED) is 0.822. The van der Waals surface area contributed by atoms with E-state index < -0.39 is 0 Å². The molecule has 0 spiro atoms. The average molecular weight is 298 g/mol. The van der Waals surface area contributed by atoms with Crippen LogP contribution in [0.15, 0.2) is 22.7 Å². The van der Waals surface area contributed by atoms with Crippen molar-refractivity contribution in [2.45, 2.75) is 39.7 Å². The number of halogens is 1. The summed E-state index contributed by atoms with van der Waals surface area (Å²) in [6.07, 6.45) is 1.98. The molecule has 1 amide bonds. The van der Waals surface area contributed by atoms with Crippen LogP contribution in [0.1, 0.15) is 42.6 Å². The second-order valence-electron chi connectivity index (χ2n) is 4.37. The van der Waals surface area contributed by atoms with E-state index in [1.165, 1.54) is 0 Å². The monoisotopic (exact) mass is 297 g/mol. The van der Waals surface area contributed by atoms with Crippen molar-refractivity contribution < 1.29 is 4.79 Å². The molecule has 1 rings (SSSR count). The summed E-state index contributed by atoms with van der Waals surface area (Å²) in [5.41, 5.74) is 1.89.